The molecule has 0 fully saturated rings. The molecule has 0 spiro atoms. The van der Waals surface area contributed by atoms with Crippen LogP contribution in [-0.4, -0.2) is 25.0 Å². The fourth-order valence-electron chi connectivity index (χ4n) is 2.80. The lowest BCUT2D eigenvalue weighted by Crippen LogP contribution is -2.31. The van der Waals surface area contributed by atoms with Gasteiger partial charge in [0.2, 0.25) is 0 Å². The number of ether oxygens (including phenoxy) is 2. The number of benzene rings is 3. The Kier molecular flexibility index (Phi) is 7.27. The third-order valence-corrected chi connectivity index (χ3v) is 4.68. The van der Waals surface area contributed by atoms with Crippen molar-refractivity contribution in [1.29, 1.82) is 0 Å². The van der Waals surface area contributed by atoms with Crippen molar-refractivity contribution in [1.82, 2.24) is 10.7 Å². The van der Waals surface area contributed by atoms with Gasteiger partial charge in [-0.25, -0.2) is 0 Å². The number of methoxy groups -OCH3 is 1. The van der Waals surface area contributed by atoms with Crippen LogP contribution in [0.15, 0.2) is 59.7 Å². The maximum absolute atomic E-state index is 6.44. The highest BCUT2D eigenvalue weighted by molar-refractivity contribution is 7.80. The van der Waals surface area contributed by atoms with Crippen molar-refractivity contribution in [2.24, 2.45) is 5.10 Å². The van der Waals surface area contributed by atoms with Crippen LogP contribution in [-0.2, 0) is 6.61 Å². The first kappa shape index (κ1) is 20.9. The van der Waals surface area contributed by atoms with Crippen LogP contribution in [0.4, 0.5) is 0 Å². The highest BCUT2D eigenvalue weighted by atomic mass is 35.5. The van der Waals surface area contributed by atoms with Crippen LogP contribution < -0.4 is 20.2 Å². The Morgan fingerprint density at radius 3 is 2.69 bits per heavy atom. The lowest BCUT2D eigenvalue weighted by atomic mass is 10.1. The molecule has 0 aliphatic rings. The zero-order valence-corrected chi connectivity index (χ0v) is 17.8. The van der Waals surface area contributed by atoms with Crippen molar-refractivity contribution in [2.75, 3.05) is 13.7 Å². The van der Waals surface area contributed by atoms with E-state index in [4.69, 9.17) is 33.3 Å². The van der Waals surface area contributed by atoms with Crippen LogP contribution in [0.5, 0.6) is 11.5 Å². The number of nitrogens with one attached hydrogen (secondary N) is 2. The Morgan fingerprint density at radius 1 is 1.14 bits per heavy atom. The summed E-state index contributed by atoms with van der Waals surface area (Å²) in [7, 11) is 1.58. The Morgan fingerprint density at radius 2 is 1.93 bits per heavy atom. The number of hydrogen-bond donors (Lipinski definition) is 2. The molecule has 29 heavy (non-hydrogen) atoms. The Labute approximate surface area is 180 Å². The first-order valence-electron chi connectivity index (χ1n) is 9.15. The molecular formula is C22H22ClN3O2S. The lowest BCUT2D eigenvalue weighted by molar-refractivity contribution is 0.285. The molecule has 0 heterocycles. The molecule has 0 radical (unpaired) electrons. The molecule has 3 aromatic rings. The predicted molar refractivity (Wildman–Crippen MR) is 123 cm³/mol. The number of halogens is 1. The molecule has 3 aromatic carbocycles. The van der Waals surface area contributed by atoms with Gasteiger partial charge < -0.3 is 14.8 Å². The molecule has 5 nitrogen and oxygen atoms in total. The number of thiocarbonyl (C=S) groups is 1. The van der Waals surface area contributed by atoms with Gasteiger partial charge in [0.15, 0.2) is 16.6 Å². The quantitative estimate of drug-likeness (QED) is 0.319. The Balaban J connectivity index is 1.73. The summed E-state index contributed by atoms with van der Waals surface area (Å²) in [6.07, 6.45) is 1.62. The van der Waals surface area contributed by atoms with Crippen LogP contribution in [0.3, 0.4) is 0 Å². The molecular weight excluding hydrogens is 406 g/mol. The van der Waals surface area contributed by atoms with E-state index in [9.17, 15) is 0 Å². The minimum atomic E-state index is 0.382. The smallest absolute Gasteiger partial charge is 0.186 e. The van der Waals surface area contributed by atoms with Crippen LogP contribution in [0.2, 0.25) is 5.02 Å². The highest BCUT2D eigenvalue weighted by Crippen LogP contribution is 2.36. The molecule has 0 unspecified atom stereocenters. The fourth-order valence-corrected chi connectivity index (χ4v) is 3.27. The monoisotopic (exact) mass is 427 g/mol. The van der Waals surface area contributed by atoms with Gasteiger partial charge in [-0.1, -0.05) is 48.0 Å². The molecule has 0 atom stereocenters. The van der Waals surface area contributed by atoms with Crippen molar-refractivity contribution < 1.29 is 9.47 Å². The number of nitrogens with zero attached hydrogens (tertiary/aromatic N) is 1. The first-order valence-corrected chi connectivity index (χ1v) is 9.94. The van der Waals surface area contributed by atoms with Gasteiger partial charge in [-0.05, 0) is 59.2 Å². The minimum absolute atomic E-state index is 0.382. The molecule has 0 bridgehead atoms. The van der Waals surface area contributed by atoms with Crippen molar-refractivity contribution in [2.45, 2.75) is 13.5 Å². The summed E-state index contributed by atoms with van der Waals surface area (Å²) in [4.78, 5) is 0. The molecule has 0 aliphatic carbocycles. The summed E-state index contributed by atoms with van der Waals surface area (Å²) in [6, 6.07) is 18.0. The van der Waals surface area contributed by atoms with Gasteiger partial charge in [0.25, 0.3) is 0 Å². The summed E-state index contributed by atoms with van der Waals surface area (Å²) in [5.41, 5.74) is 4.55. The summed E-state index contributed by atoms with van der Waals surface area (Å²) in [5, 5.41) is 10.3. The summed E-state index contributed by atoms with van der Waals surface area (Å²) in [6.45, 7) is 3.07. The van der Waals surface area contributed by atoms with Gasteiger partial charge >= 0.3 is 0 Å². The predicted octanol–water partition coefficient (Wildman–Crippen LogP) is 4.90. The van der Waals surface area contributed by atoms with E-state index in [-0.39, 0.29) is 0 Å². The van der Waals surface area contributed by atoms with Gasteiger partial charge in [0.1, 0.15) is 6.61 Å². The summed E-state index contributed by atoms with van der Waals surface area (Å²) >= 11 is 11.5. The van der Waals surface area contributed by atoms with E-state index >= 15 is 0 Å². The van der Waals surface area contributed by atoms with Crippen molar-refractivity contribution in [3.63, 3.8) is 0 Å². The molecule has 0 saturated heterocycles. The Bertz CT molecular complexity index is 1040. The van der Waals surface area contributed by atoms with E-state index in [2.05, 4.69) is 40.1 Å². The van der Waals surface area contributed by atoms with Gasteiger partial charge in [0.05, 0.1) is 18.3 Å². The van der Waals surface area contributed by atoms with Crippen LogP contribution in [0.25, 0.3) is 10.8 Å². The normalized spacial score (nSPS) is 10.9. The average molecular weight is 428 g/mol. The van der Waals surface area contributed by atoms with E-state index < -0.39 is 0 Å². The topological polar surface area (TPSA) is 54.9 Å². The molecule has 7 heteroatoms. The second-order valence-corrected chi connectivity index (χ2v) is 7.05. The van der Waals surface area contributed by atoms with Crippen molar-refractivity contribution >= 4 is 45.9 Å². The van der Waals surface area contributed by atoms with Gasteiger partial charge in [-0.3, -0.25) is 5.43 Å². The second-order valence-electron chi connectivity index (χ2n) is 6.23. The fraction of sp³-hybridized carbons (Fsp3) is 0.182. The van der Waals surface area contributed by atoms with Crippen molar-refractivity contribution in [3.05, 3.63) is 70.7 Å². The maximum Gasteiger partial charge on any atom is 0.186 e. The van der Waals surface area contributed by atoms with E-state index in [1.54, 1.807) is 19.4 Å². The van der Waals surface area contributed by atoms with E-state index in [0.717, 1.165) is 17.7 Å². The Hall–Kier alpha value is -2.83. The van der Waals surface area contributed by atoms with Gasteiger partial charge in [-0.15, -0.1) is 0 Å². The van der Waals surface area contributed by atoms with E-state index in [0.29, 0.717) is 28.2 Å². The van der Waals surface area contributed by atoms with Crippen LogP contribution >= 0.6 is 23.8 Å². The molecule has 0 aromatic heterocycles. The summed E-state index contributed by atoms with van der Waals surface area (Å²) < 4.78 is 11.4. The third-order valence-electron chi connectivity index (χ3n) is 4.17. The number of fused-ring (bicyclic) bond motifs is 1. The van der Waals surface area contributed by atoms with Crippen LogP contribution in [0, 0.1) is 0 Å². The average Bonchev–Trinajstić information content (AvgIpc) is 2.72. The third kappa shape index (κ3) is 5.59. The van der Waals surface area contributed by atoms with E-state index in [1.807, 2.05) is 31.2 Å². The van der Waals surface area contributed by atoms with Gasteiger partial charge in [0, 0.05) is 6.54 Å². The molecule has 150 valence electrons. The highest BCUT2D eigenvalue weighted by Gasteiger charge is 2.12. The molecule has 2 N–H and O–H groups in total. The zero-order chi connectivity index (χ0) is 20.6. The molecule has 3 rings (SSSR count). The summed E-state index contributed by atoms with van der Waals surface area (Å²) in [5.74, 6) is 1.03. The van der Waals surface area contributed by atoms with E-state index in [1.165, 1.54) is 10.8 Å². The second kappa shape index (κ2) is 10.1. The largest absolute Gasteiger partial charge is 0.493 e. The minimum Gasteiger partial charge on any atom is -0.493 e. The molecule has 0 aliphatic heterocycles. The molecule has 0 amide bonds. The number of rotatable bonds is 7. The van der Waals surface area contributed by atoms with Crippen LogP contribution in [0.1, 0.15) is 18.1 Å². The number of hydrazone groups is 1. The number of hydrogen-bond acceptors (Lipinski definition) is 4. The SMILES string of the molecule is CCNC(=S)N/N=C\c1cc(Cl)c(OCc2ccc3ccccc3c2)c(OC)c1. The standard InChI is InChI=1S/C22H22ClN3O2S/c1-3-24-22(29)26-25-13-16-11-19(23)21(20(12-16)27-2)28-14-15-8-9-17-6-4-5-7-18(17)10-15/h4-13H,3,14H2,1-2H3,(H2,24,26,29)/b25-13-. The molecule has 0 saturated carbocycles. The maximum atomic E-state index is 6.44. The van der Waals surface area contributed by atoms with Crippen molar-refractivity contribution in [3.8, 4) is 11.5 Å². The lowest BCUT2D eigenvalue weighted by Gasteiger charge is -2.13. The zero-order valence-electron chi connectivity index (χ0n) is 16.2. The first-order chi connectivity index (χ1) is 14.1. The van der Waals surface area contributed by atoms with Gasteiger partial charge in [-0.2, -0.15) is 5.10 Å².